The molecule has 1 aliphatic rings. The summed E-state index contributed by atoms with van der Waals surface area (Å²) in [6, 6.07) is -0.207. The fourth-order valence-corrected chi connectivity index (χ4v) is 4.85. The molecule has 0 bridgehead atoms. The average molecular weight is 342 g/mol. The Morgan fingerprint density at radius 3 is 2.77 bits per heavy atom. The van der Waals surface area contributed by atoms with Crippen LogP contribution in [0.2, 0.25) is 0 Å². The molecule has 1 aromatic heterocycles. The summed E-state index contributed by atoms with van der Waals surface area (Å²) in [4.78, 5) is 18.5. The van der Waals surface area contributed by atoms with Gasteiger partial charge in [-0.25, -0.2) is 13.4 Å². The fraction of sp³-hybridized carbons (Fsp3) is 0.600. The van der Waals surface area contributed by atoms with Crippen LogP contribution >= 0.6 is 11.3 Å². The first-order chi connectivity index (χ1) is 10.3. The second kappa shape index (κ2) is 6.91. The van der Waals surface area contributed by atoms with Gasteiger partial charge in [-0.15, -0.1) is 11.3 Å². The summed E-state index contributed by atoms with van der Waals surface area (Å²) in [7, 11) is -3.00. The molecule has 5 nitrogen and oxygen atoms in total. The monoisotopic (exact) mass is 342 g/mol. The lowest BCUT2D eigenvalue weighted by Crippen LogP contribution is -2.42. The first-order valence-electron chi connectivity index (χ1n) is 7.38. The number of sulfone groups is 1. The molecule has 0 aromatic carbocycles. The standard InChI is InChI=1S/C15H22N2O3S2/c1-11(2)8-17(14-6-7-22(19,20)10-14)15(18)5-4-13-9-21-12(3)16-13/h4-5,9,11,14H,6-8,10H2,1-3H3. The normalized spacial score (nSPS) is 20.8. The van der Waals surface area contributed by atoms with Gasteiger partial charge in [-0.1, -0.05) is 13.8 Å². The molecule has 1 aromatic rings. The molecule has 2 rings (SSSR count). The molecule has 1 aliphatic heterocycles. The Balaban J connectivity index is 2.11. The van der Waals surface area contributed by atoms with Crippen molar-refractivity contribution in [3.05, 3.63) is 22.2 Å². The zero-order valence-corrected chi connectivity index (χ0v) is 14.8. The summed E-state index contributed by atoms with van der Waals surface area (Å²) in [5.41, 5.74) is 0.763. The second-order valence-corrected chi connectivity index (χ2v) is 9.36. The molecular formula is C15H22N2O3S2. The fourth-order valence-electron chi connectivity index (χ4n) is 2.54. The van der Waals surface area contributed by atoms with Crippen molar-refractivity contribution in [1.29, 1.82) is 0 Å². The van der Waals surface area contributed by atoms with Crippen LogP contribution in [0.5, 0.6) is 0 Å². The van der Waals surface area contributed by atoms with Gasteiger partial charge in [-0.2, -0.15) is 0 Å². The summed E-state index contributed by atoms with van der Waals surface area (Å²) in [5, 5.41) is 2.85. The van der Waals surface area contributed by atoms with Gasteiger partial charge in [0.05, 0.1) is 22.2 Å². The van der Waals surface area contributed by atoms with Gasteiger partial charge in [0.1, 0.15) is 0 Å². The Kier molecular flexibility index (Phi) is 5.39. The third kappa shape index (κ3) is 4.64. The zero-order valence-electron chi connectivity index (χ0n) is 13.2. The lowest BCUT2D eigenvalue weighted by Gasteiger charge is -2.28. The van der Waals surface area contributed by atoms with Crippen molar-refractivity contribution in [3.63, 3.8) is 0 Å². The topological polar surface area (TPSA) is 67.3 Å². The molecule has 1 fully saturated rings. The smallest absolute Gasteiger partial charge is 0.246 e. The summed E-state index contributed by atoms with van der Waals surface area (Å²) < 4.78 is 23.3. The zero-order chi connectivity index (χ0) is 16.3. The predicted molar refractivity (Wildman–Crippen MR) is 89.5 cm³/mol. The third-order valence-corrected chi connectivity index (χ3v) is 6.07. The van der Waals surface area contributed by atoms with E-state index in [1.165, 1.54) is 17.4 Å². The van der Waals surface area contributed by atoms with Gasteiger partial charge in [0.25, 0.3) is 0 Å². The molecule has 1 saturated heterocycles. The predicted octanol–water partition coefficient (Wildman–Crippen LogP) is 2.14. The summed E-state index contributed by atoms with van der Waals surface area (Å²) in [5.74, 6) is 0.410. The molecule has 122 valence electrons. The van der Waals surface area contributed by atoms with Crippen molar-refractivity contribution < 1.29 is 13.2 Å². The van der Waals surface area contributed by atoms with Crippen LogP contribution in [0, 0.1) is 12.8 Å². The van der Waals surface area contributed by atoms with Crippen molar-refractivity contribution in [2.24, 2.45) is 5.92 Å². The maximum absolute atomic E-state index is 12.5. The summed E-state index contributed by atoms with van der Waals surface area (Å²) >= 11 is 1.53. The highest BCUT2D eigenvalue weighted by Gasteiger charge is 2.34. The van der Waals surface area contributed by atoms with Gasteiger partial charge in [0, 0.05) is 24.0 Å². The number of amides is 1. The highest BCUT2D eigenvalue weighted by atomic mass is 32.2. The van der Waals surface area contributed by atoms with Crippen molar-refractivity contribution in [2.45, 2.75) is 33.2 Å². The molecule has 0 aliphatic carbocycles. The molecule has 0 radical (unpaired) electrons. The van der Waals surface area contributed by atoms with Crippen LogP contribution in [0.1, 0.15) is 31.0 Å². The minimum Gasteiger partial charge on any atom is -0.335 e. The van der Waals surface area contributed by atoms with E-state index in [4.69, 9.17) is 0 Å². The maximum Gasteiger partial charge on any atom is 0.246 e. The molecule has 0 saturated carbocycles. The van der Waals surface area contributed by atoms with E-state index in [0.29, 0.717) is 18.9 Å². The van der Waals surface area contributed by atoms with E-state index in [2.05, 4.69) is 4.98 Å². The minimum atomic E-state index is -3.00. The van der Waals surface area contributed by atoms with Crippen LogP contribution < -0.4 is 0 Å². The van der Waals surface area contributed by atoms with E-state index in [1.54, 1.807) is 11.0 Å². The van der Waals surface area contributed by atoms with Crippen LogP contribution in [0.25, 0.3) is 6.08 Å². The number of aryl methyl sites for hydroxylation is 1. The number of carbonyl (C=O) groups excluding carboxylic acids is 1. The summed E-state index contributed by atoms with van der Waals surface area (Å²) in [6.07, 6.45) is 3.73. The van der Waals surface area contributed by atoms with Crippen molar-refractivity contribution in [3.8, 4) is 0 Å². The Morgan fingerprint density at radius 1 is 1.55 bits per heavy atom. The summed E-state index contributed by atoms with van der Waals surface area (Å²) in [6.45, 7) is 6.53. The Bertz CT molecular complexity index is 662. The number of rotatable bonds is 5. The second-order valence-electron chi connectivity index (χ2n) is 6.07. The Hall–Kier alpha value is -1.21. The Labute approximate surface area is 136 Å². The van der Waals surface area contributed by atoms with E-state index in [9.17, 15) is 13.2 Å². The van der Waals surface area contributed by atoms with Crippen molar-refractivity contribution in [1.82, 2.24) is 9.88 Å². The lowest BCUT2D eigenvalue weighted by atomic mass is 10.1. The SMILES string of the molecule is Cc1nc(C=CC(=O)N(CC(C)C)C2CCS(=O)(=O)C2)cs1. The van der Waals surface area contributed by atoms with Gasteiger partial charge in [-0.3, -0.25) is 4.79 Å². The molecule has 0 spiro atoms. The van der Waals surface area contributed by atoms with Crippen LogP contribution in [0.4, 0.5) is 0 Å². The van der Waals surface area contributed by atoms with Gasteiger partial charge in [-0.05, 0) is 25.3 Å². The van der Waals surface area contributed by atoms with Gasteiger partial charge in [0.15, 0.2) is 9.84 Å². The minimum absolute atomic E-state index is 0.0785. The quantitative estimate of drug-likeness (QED) is 0.769. The molecular weight excluding hydrogens is 320 g/mol. The maximum atomic E-state index is 12.5. The lowest BCUT2D eigenvalue weighted by molar-refractivity contribution is -0.128. The van der Waals surface area contributed by atoms with E-state index in [1.807, 2.05) is 26.2 Å². The number of carbonyl (C=O) groups is 1. The molecule has 1 atom stereocenters. The van der Waals surface area contributed by atoms with Gasteiger partial charge >= 0.3 is 0 Å². The van der Waals surface area contributed by atoms with Gasteiger partial charge < -0.3 is 4.90 Å². The highest BCUT2D eigenvalue weighted by molar-refractivity contribution is 7.91. The number of aromatic nitrogens is 1. The van der Waals surface area contributed by atoms with E-state index in [0.717, 1.165) is 10.7 Å². The highest BCUT2D eigenvalue weighted by Crippen LogP contribution is 2.20. The van der Waals surface area contributed by atoms with E-state index >= 15 is 0 Å². The van der Waals surface area contributed by atoms with Crippen LogP contribution in [0.15, 0.2) is 11.5 Å². The third-order valence-electron chi connectivity index (χ3n) is 3.53. The van der Waals surface area contributed by atoms with E-state index in [-0.39, 0.29) is 23.5 Å². The molecule has 7 heteroatoms. The number of nitrogens with zero attached hydrogens (tertiary/aromatic N) is 2. The van der Waals surface area contributed by atoms with E-state index < -0.39 is 9.84 Å². The van der Waals surface area contributed by atoms with Crippen LogP contribution in [-0.2, 0) is 14.6 Å². The van der Waals surface area contributed by atoms with Crippen molar-refractivity contribution >= 4 is 33.2 Å². The van der Waals surface area contributed by atoms with Crippen LogP contribution in [0.3, 0.4) is 0 Å². The van der Waals surface area contributed by atoms with Gasteiger partial charge in [0.2, 0.25) is 5.91 Å². The van der Waals surface area contributed by atoms with Crippen LogP contribution in [-0.4, -0.2) is 48.3 Å². The average Bonchev–Trinajstić information content (AvgIpc) is 2.98. The Morgan fingerprint density at radius 2 is 2.27 bits per heavy atom. The molecule has 0 N–H and O–H groups in total. The van der Waals surface area contributed by atoms with Crippen molar-refractivity contribution in [2.75, 3.05) is 18.1 Å². The molecule has 22 heavy (non-hydrogen) atoms. The first kappa shape index (κ1) is 17.1. The first-order valence-corrected chi connectivity index (χ1v) is 10.1. The molecule has 1 unspecified atom stereocenters. The number of thiazole rings is 1. The molecule has 1 amide bonds. The molecule has 2 heterocycles. The number of hydrogen-bond donors (Lipinski definition) is 0. The number of hydrogen-bond acceptors (Lipinski definition) is 5. The largest absolute Gasteiger partial charge is 0.335 e.